The lowest BCUT2D eigenvalue weighted by atomic mass is 9.87. The minimum absolute atomic E-state index is 0.0286. The van der Waals surface area contributed by atoms with Gasteiger partial charge in [-0.25, -0.2) is 8.42 Å². The zero-order valence-electron chi connectivity index (χ0n) is 15.9. The molecule has 28 heavy (non-hydrogen) atoms. The molecule has 1 saturated carbocycles. The highest BCUT2D eigenvalue weighted by molar-refractivity contribution is 7.94. The Kier molecular flexibility index (Phi) is 4.11. The number of benzene rings is 1. The second kappa shape index (κ2) is 6.32. The summed E-state index contributed by atoms with van der Waals surface area (Å²) in [7, 11) is -3.48. The summed E-state index contributed by atoms with van der Waals surface area (Å²) in [5.74, 6) is 0.516. The number of para-hydroxylation sites is 1. The van der Waals surface area contributed by atoms with Crippen LogP contribution in [-0.2, 0) is 14.8 Å². The number of anilines is 1. The largest absolute Gasteiger partial charge is 0.338 e. The van der Waals surface area contributed by atoms with Crippen LogP contribution in [0.3, 0.4) is 0 Å². The Morgan fingerprint density at radius 1 is 1.18 bits per heavy atom. The Hall–Kier alpha value is -1.86. The van der Waals surface area contributed by atoms with E-state index in [1.165, 1.54) is 11.3 Å². The third-order valence-corrected chi connectivity index (χ3v) is 10.0. The average Bonchev–Trinajstić information content (AvgIpc) is 3.40. The van der Waals surface area contributed by atoms with Gasteiger partial charge in [0, 0.05) is 19.6 Å². The van der Waals surface area contributed by atoms with Gasteiger partial charge in [0.05, 0.1) is 10.6 Å². The molecule has 1 amide bonds. The molecular formula is C21H24N2O3S2. The predicted molar refractivity (Wildman–Crippen MR) is 111 cm³/mol. The van der Waals surface area contributed by atoms with E-state index in [0.29, 0.717) is 38.4 Å². The smallest absolute Gasteiger partial charge is 0.264 e. The molecule has 1 aromatic carbocycles. The van der Waals surface area contributed by atoms with Gasteiger partial charge in [-0.3, -0.25) is 9.10 Å². The van der Waals surface area contributed by atoms with Crippen LogP contribution in [0.2, 0.25) is 0 Å². The number of hydrogen-bond acceptors (Lipinski definition) is 4. The second-order valence-electron chi connectivity index (χ2n) is 8.22. The zero-order valence-corrected chi connectivity index (χ0v) is 17.6. The van der Waals surface area contributed by atoms with Crippen molar-refractivity contribution >= 4 is 33.0 Å². The molecule has 0 atom stereocenters. The number of carbonyl (C=O) groups excluding carboxylic acids is 1. The lowest BCUT2D eigenvalue weighted by Crippen LogP contribution is -2.50. The van der Waals surface area contributed by atoms with E-state index in [1.807, 2.05) is 47.5 Å². The Balaban J connectivity index is 1.46. The molecule has 1 aromatic heterocycles. The maximum absolute atomic E-state index is 13.7. The van der Waals surface area contributed by atoms with Gasteiger partial charge < -0.3 is 4.90 Å². The molecule has 5 rings (SSSR count). The topological polar surface area (TPSA) is 57.7 Å². The van der Waals surface area contributed by atoms with Crippen molar-refractivity contribution in [3.8, 4) is 0 Å². The van der Waals surface area contributed by atoms with Crippen LogP contribution < -0.4 is 4.31 Å². The SMILES string of the molecule is Cc1ccsc1C(=O)N1CCC2(CC1)c1ccccc1N(CC1CC1)S2(=O)=O. The van der Waals surface area contributed by atoms with E-state index < -0.39 is 14.8 Å². The number of fused-ring (bicyclic) bond motifs is 2. The third-order valence-electron chi connectivity index (χ3n) is 6.48. The van der Waals surface area contributed by atoms with E-state index in [2.05, 4.69) is 0 Å². The number of aryl methyl sites for hydroxylation is 1. The maximum atomic E-state index is 13.7. The number of amides is 1. The van der Waals surface area contributed by atoms with E-state index in [0.717, 1.165) is 34.5 Å². The summed E-state index contributed by atoms with van der Waals surface area (Å²) in [5, 5.41) is 1.93. The summed E-state index contributed by atoms with van der Waals surface area (Å²) in [4.78, 5) is 15.5. The van der Waals surface area contributed by atoms with E-state index >= 15 is 0 Å². The van der Waals surface area contributed by atoms with Gasteiger partial charge in [0.2, 0.25) is 10.0 Å². The number of carbonyl (C=O) groups is 1. The Bertz CT molecular complexity index is 1030. The molecule has 1 saturated heterocycles. The molecule has 7 heteroatoms. The molecule has 148 valence electrons. The van der Waals surface area contributed by atoms with Crippen LogP contribution in [-0.4, -0.2) is 38.9 Å². The fourth-order valence-electron chi connectivity index (χ4n) is 4.62. The summed E-state index contributed by atoms with van der Waals surface area (Å²) in [6, 6.07) is 9.72. The lowest BCUT2D eigenvalue weighted by molar-refractivity contribution is 0.0705. The van der Waals surface area contributed by atoms with Gasteiger partial charge >= 0.3 is 0 Å². The third kappa shape index (κ3) is 2.55. The number of sulfonamides is 1. The molecule has 0 radical (unpaired) electrons. The normalized spacial score (nSPS) is 22.5. The molecule has 2 fully saturated rings. The fourth-order valence-corrected chi connectivity index (χ4v) is 7.91. The first-order chi connectivity index (χ1) is 13.4. The Morgan fingerprint density at radius 3 is 2.54 bits per heavy atom. The monoisotopic (exact) mass is 416 g/mol. The highest BCUT2D eigenvalue weighted by Crippen LogP contribution is 2.53. The molecular weight excluding hydrogens is 392 g/mol. The van der Waals surface area contributed by atoms with E-state index in [4.69, 9.17) is 0 Å². The number of thiophene rings is 1. The quantitative estimate of drug-likeness (QED) is 0.766. The van der Waals surface area contributed by atoms with Crippen LogP contribution in [0.5, 0.6) is 0 Å². The molecule has 1 spiro atoms. The van der Waals surface area contributed by atoms with Crippen molar-refractivity contribution in [2.24, 2.45) is 5.92 Å². The first kappa shape index (κ1) is 18.2. The molecule has 1 aliphatic carbocycles. The van der Waals surface area contributed by atoms with Crippen molar-refractivity contribution in [2.45, 2.75) is 37.4 Å². The van der Waals surface area contributed by atoms with Crippen molar-refractivity contribution in [2.75, 3.05) is 23.9 Å². The summed E-state index contributed by atoms with van der Waals surface area (Å²) in [6.45, 7) is 3.49. The number of likely N-dealkylation sites (tertiary alicyclic amines) is 1. The van der Waals surface area contributed by atoms with Crippen molar-refractivity contribution in [3.63, 3.8) is 0 Å². The zero-order chi connectivity index (χ0) is 19.5. The second-order valence-corrected chi connectivity index (χ2v) is 11.3. The van der Waals surface area contributed by atoms with E-state index in [1.54, 1.807) is 4.31 Å². The van der Waals surface area contributed by atoms with Crippen LogP contribution in [0, 0.1) is 12.8 Å². The fraction of sp³-hybridized carbons (Fsp3) is 0.476. The van der Waals surface area contributed by atoms with E-state index in [-0.39, 0.29) is 5.91 Å². The molecule has 5 nitrogen and oxygen atoms in total. The van der Waals surface area contributed by atoms with Crippen LogP contribution in [0.1, 0.15) is 46.5 Å². The first-order valence-corrected chi connectivity index (χ1v) is 12.2. The van der Waals surface area contributed by atoms with Gasteiger partial charge in [-0.15, -0.1) is 11.3 Å². The van der Waals surface area contributed by atoms with Gasteiger partial charge in [0.1, 0.15) is 4.75 Å². The van der Waals surface area contributed by atoms with Crippen molar-refractivity contribution in [1.82, 2.24) is 4.90 Å². The summed E-state index contributed by atoms with van der Waals surface area (Å²) < 4.78 is 28.1. The Morgan fingerprint density at radius 2 is 1.89 bits per heavy atom. The summed E-state index contributed by atoms with van der Waals surface area (Å²) >= 11 is 1.46. The van der Waals surface area contributed by atoms with Crippen LogP contribution in [0.25, 0.3) is 0 Å². The summed E-state index contributed by atoms with van der Waals surface area (Å²) in [5.41, 5.74) is 2.77. The van der Waals surface area contributed by atoms with Crippen molar-refractivity contribution in [1.29, 1.82) is 0 Å². The van der Waals surface area contributed by atoms with Crippen LogP contribution >= 0.6 is 11.3 Å². The van der Waals surface area contributed by atoms with Gasteiger partial charge in [-0.1, -0.05) is 18.2 Å². The minimum Gasteiger partial charge on any atom is -0.338 e. The molecule has 0 N–H and O–H groups in total. The molecule has 2 aliphatic heterocycles. The standard InChI is InChI=1S/C21H24N2O3S2/c1-15-8-13-27-19(15)20(24)22-11-9-21(10-12-22)17-4-2-3-5-18(17)23(28(21,25)26)14-16-6-7-16/h2-5,8,13,16H,6-7,9-12,14H2,1H3. The number of hydrogen-bond donors (Lipinski definition) is 0. The van der Waals surface area contributed by atoms with Crippen molar-refractivity contribution in [3.05, 3.63) is 51.7 Å². The number of nitrogens with zero attached hydrogens (tertiary/aromatic N) is 2. The van der Waals surface area contributed by atoms with Gasteiger partial charge in [-0.2, -0.15) is 0 Å². The highest BCUT2D eigenvalue weighted by Gasteiger charge is 2.57. The molecule has 3 heterocycles. The lowest BCUT2D eigenvalue weighted by Gasteiger charge is -2.39. The van der Waals surface area contributed by atoms with E-state index in [9.17, 15) is 13.2 Å². The maximum Gasteiger partial charge on any atom is 0.264 e. The van der Waals surface area contributed by atoms with Gasteiger partial charge in [-0.05, 0) is 67.2 Å². The van der Waals surface area contributed by atoms with Crippen LogP contribution in [0.15, 0.2) is 35.7 Å². The average molecular weight is 417 g/mol. The predicted octanol–water partition coefficient (Wildman–Crippen LogP) is 3.75. The van der Waals surface area contributed by atoms with Gasteiger partial charge in [0.25, 0.3) is 5.91 Å². The number of piperidine rings is 1. The molecule has 0 bridgehead atoms. The number of rotatable bonds is 3. The Labute approximate surface area is 170 Å². The van der Waals surface area contributed by atoms with Gasteiger partial charge in [0.15, 0.2) is 0 Å². The van der Waals surface area contributed by atoms with Crippen molar-refractivity contribution < 1.29 is 13.2 Å². The highest BCUT2D eigenvalue weighted by atomic mass is 32.2. The molecule has 2 aromatic rings. The minimum atomic E-state index is -3.48. The van der Waals surface area contributed by atoms with Crippen LogP contribution in [0.4, 0.5) is 5.69 Å². The summed E-state index contributed by atoms with van der Waals surface area (Å²) in [6.07, 6.45) is 3.15. The first-order valence-electron chi connectivity index (χ1n) is 9.89. The molecule has 0 unspecified atom stereocenters. The molecule has 3 aliphatic rings.